The van der Waals surface area contributed by atoms with Crippen LogP contribution in [0.1, 0.15) is 24.8 Å². The van der Waals surface area contributed by atoms with E-state index in [0.29, 0.717) is 10.7 Å². The van der Waals surface area contributed by atoms with Crippen LogP contribution in [-0.4, -0.2) is 48.1 Å². The molecule has 4 nitrogen and oxygen atoms in total. The van der Waals surface area contributed by atoms with E-state index >= 15 is 0 Å². The molecule has 0 atom stereocenters. The molecule has 0 radical (unpaired) electrons. The van der Waals surface area contributed by atoms with Crippen molar-refractivity contribution in [1.82, 2.24) is 14.9 Å². The highest BCUT2D eigenvalue weighted by Crippen LogP contribution is 2.37. The lowest BCUT2D eigenvalue weighted by Crippen LogP contribution is -2.57. The minimum absolute atomic E-state index is 0.290. The van der Waals surface area contributed by atoms with E-state index in [1.54, 1.807) is 0 Å². The minimum Gasteiger partial charge on any atom is -0.357 e. The second-order valence-electron chi connectivity index (χ2n) is 5.44. The number of nitrogens with zero attached hydrogens (tertiary/aromatic N) is 4. The Morgan fingerprint density at radius 2 is 1.94 bits per heavy atom. The van der Waals surface area contributed by atoms with Crippen LogP contribution in [0.25, 0.3) is 0 Å². The summed E-state index contributed by atoms with van der Waals surface area (Å²) in [5.41, 5.74) is 1.24. The summed E-state index contributed by atoms with van der Waals surface area (Å²) in [7, 11) is 6.40. The topological polar surface area (TPSA) is 32.3 Å². The fourth-order valence-electron chi connectivity index (χ4n) is 2.65. The molecule has 1 aliphatic rings. The predicted octanol–water partition coefficient (Wildman–Crippen LogP) is 2.36. The molecule has 0 unspecified atom stereocenters. The van der Waals surface area contributed by atoms with Gasteiger partial charge in [0.1, 0.15) is 17.3 Å². The van der Waals surface area contributed by atoms with Gasteiger partial charge in [0.05, 0.1) is 0 Å². The first-order chi connectivity index (χ1) is 8.46. The second kappa shape index (κ2) is 5.02. The van der Waals surface area contributed by atoms with Crippen molar-refractivity contribution >= 4 is 17.4 Å². The molecule has 2 rings (SSSR count). The van der Waals surface area contributed by atoms with Gasteiger partial charge in [0, 0.05) is 24.7 Å². The number of hydrogen-bond donors (Lipinski definition) is 0. The number of aromatic nitrogens is 2. The van der Waals surface area contributed by atoms with Crippen LogP contribution < -0.4 is 4.90 Å². The van der Waals surface area contributed by atoms with Gasteiger partial charge in [0.25, 0.3) is 0 Å². The molecule has 0 aliphatic heterocycles. The number of anilines is 1. The molecule has 1 saturated carbocycles. The van der Waals surface area contributed by atoms with Crippen molar-refractivity contribution in [3.05, 3.63) is 17.0 Å². The van der Waals surface area contributed by atoms with Crippen LogP contribution in [0.15, 0.2) is 6.33 Å². The van der Waals surface area contributed by atoms with E-state index in [1.807, 2.05) is 6.92 Å². The van der Waals surface area contributed by atoms with Gasteiger partial charge in [-0.05, 0) is 40.3 Å². The normalized spacial score (nSPS) is 17.7. The Bertz CT molecular complexity index is 429. The van der Waals surface area contributed by atoms with Crippen LogP contribution in [0.3, 0.4) is 0 Å². The third-order valence-electron chi connectivity index (χ3n) is 4.12. The summed E-state index contributed by atoms with van der Waals surface area (Å²) in [4.78, 5) is 12.9. The molecule has 0 bridgehead atoms. The number of rotatable bonds is 4. The predicted molar refractivity (Wildman–Crippen MR) is 75.3 cm³/mol. The summed E-state index contributed by atoms with van der Waals surface area (Å²) < 4.78 is 0. The lowest BCUT2D eigenvalue weighted by Gasteiger charge is -2.49. The zero-order valence-electron chi connectivity index (χ0n) is 11.6. The smallest absolute Gasteiger partial charge is 0.137 e. The minimum atomic E-state index is 0.290. The van der Waals surface area contributed by atoms with E-state index in [2.05, 4.69) is 40.9 Å². The van der Waals surface area contributed by atoms with Gasteiger partial charge in [-0.25, -0.2) is 9.97 Å². The van der Waals surface area contributed by atoms with Gasteiger partial charge in [-0.1, -0.05) is 11.6 Å². The van der Waals surface area contributed by atoms with Crippen molar-refractivity contribution in [2.75, 3.05) is 32.6 Å². The molecular weight excluding hydrogens is 248 g/mol. The first kappa shape index (κ1) is 13.6. The Kier molecular flexibility index (Phi) is 3.78. The maximum Gasteiger partial charge on any atom is 0.137 e. The average molecular weight is 269 g/mol. The Morgan fingerprint density at radius 1 is 1.28 bits per heavy atom. The summed E-state index contributed by atoms with van der Waals surface area (Å²) in [6.45, 7) is 2.95. The highest BCUT2D eigenvalue weighted by atomic mass is 35.5. The van der Waals surface area contributed by atoms with Crippen molar-refractivity contribution in [2.45, 2.75) is 31.7 Å². The molecule has 1 heterocycles. The van der Waals surface area contributed by atoms with E-state index in [4.69, 9.17) is 11.6 Å². The lowest BCUT2D eigenvalue weighted by atomic mass is 9.75. The molecule has 1 aromatic rings. The van der Waals surface area contributed by atoms with Crippen LogP contribution in [0, 0.1) is 6.92 Å². The molecule has 1 fully saturated rings. The molecule has 1 aliphatic carbocycles. The standard InChI is InChI=1S/C13H21ClN4/c1-10-11(14)15-9-16-12(10)18(4)8-13(17(2)3)6-5-7-13/h9H,5-8H2,1-4H3. The second-order valence-corrected chi connectivity index (χ2v) is 5.80. The molecule has 0 spiro atoms. The largest absolute Gasteiger partial charge is 0.357 e. The highest BCUT2D eigenvalue weighted by molar-refractivity contribution is 6.30. The first-order valence-electron chi connectivity index (χ1n) is 6.32. The molecule has 0 amide bonds. The molecular formula is C13H21ClN4. The van der Waals surface area contributed by atoms with Gasteiger partial charge in [0.15, 0.2) is 0 Å². The van der Waals surface area contributed by atoms with Gasteiger partial charge < -0.3 is 9.80 Å². The van der Waals surface area contributed by atoms with E-state index in [9.17, 15) is 0 Å². The summed E-state index contributed by atoms with van der Waals surface area (Å²) in [5.74, 6) is 0.933. The quantitative estimate of drug-likeness (QED) is 0.785. The van der Waals surface area contributed by atoms with E-state index in [1.165, 1.54) is 25.6 Å². The van der Waals surface area contributed by atoms with E-state index in [-0.39, 0.29) is 0 Å². The Hall–Kier alpha value is -0.870. The van der Waals surface area contributed by atoms with Crippen molar-refractivity contribution in [2.24, 2.45) is 0 Å². The molecule has 0 saturated heterocycles. The Labute approximate surface area is 114 Å². The van der Waals surface area contributed by atoms with Gasteiger partial charge in [-0.15, -0.1) is 0 Å². The highest BCUT2D eigenvalue weighted by Gasteiger charge is 2.40. The molecule has 18 heavy (non-hydrogen) atoms. The SMILES string of the molecule is Cc1c(Cl)ncnc1N(C)CC1(N(C)C)CCC1. The van der Waals surface area contributed by atoms with Crippen LogP contribution in [-0.2, 0) is 0 Å². The summed E-state index contributed by atoms with van der Waals surface area (Å²) in [6.07, 6.45) is 5.35. The maximum absolute atomic E-state index is 6.05. The van der Waals surface area contributed by atoms with E-state index in [0.717, 1.165) is 17.9 Å². The third kappa shape index (κ3) is 2.31. The van der Waals surface area contributed by atoms with E-state index < -0.39 is 0 Å². The van der Waals surface area contributed by atoms with Crippen LogP contribution >= 0.6 is 11.6 Å². The molecule has 0 aromatic carbocycles. The summed E-state index contributed by atoms with van der Waals surface area (Å²) in [5, 5.41) is 0.541. The van der Waals surface area contributed by atoms with Crippen molar-refractivity contribution < 1.29 is 0 Å². The monoisotopic (exact) mass is 268 g/mol. The molecule has 0 N–H and O–H groups in total. The number of likely N-dealkylation sites (N-methyl/N-ethyl adjacent to an activating group) is 2. The molecule has 100 valence electrons. The lowest BCUT2D eigenvalue weighted by molar-refractivity contribution is 0.0681. The van der Waals surface area contributed by atoms with Crippen molar-refractivity contribution in [3.63, 3.8) is 0 Å². The van der Waals surface area contributed by atoms with Gasteiger partial charge in [0.2, 0.25) is 0 Å². The van der Waals surface area contributed by atoms with Crippen LogP contribution in [0.4, 0.5) is 5.82 Å². The molecule has 5 heteroatoms. The van der Waals surface area contributed by atoms with Crippen molar-refractivity contribution in [1.29, 1.82) is 0 Å². The number of halogens is 1. The third-order valence-corrected chi connectivity index (χ3v) is 4.50. The Morgan fingerprint density at radius 3 is 2.44 bits per heavy atom. The van der Waals surface area contributed by atoms with Crippen molar-refractivity contribution in [3.8, 4) is 0 Å². The van der Waals surface area contributed by atoms with Gasteiger partial charge in [-0.3, -0.25) is 0 Å². The van der Waals surface area contributed by atoms with Crippen LogP contribution in [0.5, 0.6) is 0 Å². The number of hydrogen-bond acceptors (Lipinski definition) is 4. The van der Waals surface area contributed by atoms with Gasteiger partial charge in [-0.2, -0.15) is 0 Å². The maximum atomic E-state index is 6.05. The zero-order chi connectivity index (χ0) is 13.3. The zero-order valence-corrected chi connectivity index (χ0v) is 12.3. The average Bonchev–Trinajstić information content (AvgIpc) is 2.26. The fraction of sp³-hybridized carbons (Fsp3) is 0.692. The Balaban J connectivity index is 2.17. The summed E-state index contributed by atoms with van der Waals surface area (Å²) >= 11 is 6.05. The molecule has 1 aromatic heterocycles. The van der Waals surface area contributed by atoms with Crippen LogP contribution in [0.2, 0.25) is 5.15 Å². The first-order valence-corrected chi connectivity index (χ1v) is 6.70. The van der Waals surface area contributed by atoms with Gasteiger partial charge >= 0.3 is 0 Å². The summed E-state index contributed by atoms with van der Waals surface area (Å²) in [6, 6.07) is 0. The fourth-order valence-corrected chi connectivity index (χ4v) is 2.78.